The molecule has 196 valence electrons. The number of allylic oxidation sites excluding steroid dienone is 5. The van der Waals surface area contributed by atoms with Crippen molar-refractivity contribution < 1.29 is 41.9 Å². The minimum Gasteiger partial charge on any atom is -0.394 e. The van der Waals surface area contributed by atoms with Gasteiger partial charge in [0.25, 0.3) is 0 Å². The molecule has 0 radical (unpaired) electrons. The number of hydrogen-bond donors (Lipinski definition) is 4. The van der Waals surface area contributed by atoms with Gasteiger partial charge in [-0.3, -0.25) is 4.52 Å². The molecule has 13 heteroatoms. The molecule has 2 aliphatic rings. The summed E-state index contributed by atoms with van der Waals surface area (Å²) in [7, 11) is -4.79. The van der Waals surface area contributed by atoms with Gasteiger partial charge in [0.05, 0.1) is 35.8 Å². The number of aliphatic hydroxyl groups excluding tert-OH is 1. The predicted molar refractivity (Wildman–Crippen MR) is 123 cm³/mol. The third-order valence-corrected chi connectivity index (χ3v) is 7.15. The topological polar surface area (TPSA) is 122 Å². The molecule has 2 aliphatic carbocycles. The highest BCUT2D eigenvalue weighted by Crippen LogP contribution is 2.40. The Morgan fingerprint density at radius 1 is 1.21 bits per heavy atom. The maximum Gasteiger partial charge on any atom is 0.469 e. The summed E-state index contributed by atoms with van der Waals surface area (Å²) < 4.78 is 61.9. The molecule has 7 nitrogen and oxygen atoms in total. The molecule has 5 unspecified atom stereocenters. The van der Waals surface area contributed by atoms with Gasteiger partial charge in [-0.1, -0.05) is 29.8 Å². The first-order valence-electron chi connectivity index (χ1n) is 10.9. The second-order valence-electron chi connectivity index (χ2n) is 8.80. The third kappa shape index (κ3) is 9.91. The highest BCUT2D eigenvalue weighted by Gasteiger charge is 2.42. The maximum absolute atomic E-state index is 13.7. The number of aliphatic hydroxyl groups is 1. The number of hydrogen-bond acceptors (Lipinski definition) is 5. The summed E-state index contributed by atoms with van der Waals surface area (Å²) in [6.07, 6.45) is 2.78. The Kier molecular flexibility index (Phi) is 11.1. The van der Waals surface area contributed by atoms with E-state index in [1.165, 1.54) is 0 Å². The summed E-state index contributed by atoms with van der Waals surface area (Å²) in [4.78, 5) is 17.6. The zero-order valence-corrected chi connectivity index (χ0v) is 20.9. The molecular formula is C21H31Cl2F3NO6P. The summed E-state index contributed by atoms with van der Waals surface area (Å²) in [6.45, 7) is -1.11. The standard InChI is InChI=1S/C21H31Cl2F3NO6P/c22-16-4-5-18(23)15(11-16)2-1-9-32-19-6-3-14(10-17(19)21(24,25)26)7-8-20(27,12-28)13-33-34(29,30)31/h4-5,10-11,14-15,18-19,28H,1-3,6-9,12-13,27H2,(H2,29,30,31). The fourth-order valence-electron chi connectivity index (χ4n) is 3.99. The van der Waals surface area contributed by atoms with Crippen molar-refractivity contribution in [2.45, 2.75) is 61.7 Å². The molecule has 0 amide bonds. The first-order valence-corrected chi connectivity index (χ1v) is 13.3. The SMILES string of the molecule is NC(CO)(CCC1C=C(C(F)(F)F)C(OCCCC2C=C(Cl)C=CC2Cl)CC1)COP(=O)(O)O. The van der Waals surface area contributed by atoms with Gasteiger partial charge in [-0.2, -0.15) is 13.2 Å². The Morgan fingerprint density at radius 2 is 1.91 bits per heavy atom. The number of rotatable bonds is 12. The molecule has 0 aromatic rings. The van der Waals surface area contributed by atoms with Gasteiger partial charge in [0.15, 0.2) is 0 Å². The summed E-state index contributed by atoms with van der Waals surface area (Å²) in [5.74, 6) is -0.479. The Balaban J connectivity index is 1.91. The molecule has 0 aliphatic heterocycles. The number of phosphoric ester groups is 1. The van der Waals surface area contributed by atoms with Crippen LogP contribution in [-0.4, -0.2) is 57.9 Å². The molecule has 0 saturated heterocycles. The third-order valence-electron chi connectivity index (χ3n) is 5.96. The van der Waals surface area contributed by atoms with E-state index < -0.39 is 50.3 Å². The van der Waals surface area contributed by atoms with Gasteiger partial charge in [-0.15, -0.1) is 11.6 Å². The lowest BCUT2D eigenvalue weighted by atomic mass is 9.82. The Labute approximate surface area is 207 Å². The minimum absolute atomic E-state index is 0.00580. The summed E-state index contributed by atoms with van der Waals surface area (Å²) in [6, 6.07) is 0. The zero-order valence-electron chi connectivity index (χ0n) is 18.5. The summed E-state index contributed by atoms with van der Waals surface area (Å²) in [5.41, 5.74) is 3.69. The lowest BCUT2D eigenvalue weighted by molar-refractivity contribution is -0.115. The van der Waals surface area contributed by atoms with E-state index in [-0.39, 0.29) is 37.2 Å². The smallest absolute Gasteiger partial charge is 0.394 e. The van der Waals surface area contributed by atoms with Crippen molar-refractivity contribution >= 4 is 31.0 Å². The molecular weight excluding hydrogens is 521 g/mol. The van der Waals surface area contributed by atoms with E-state index in [1.807, 2.05) is 6.08 Å². The van der Waals surface area contributed by atoms with Crippen LogP contribution in [-0.2, 0) is 13.8 Å². The van der Waals surface area contributed by atoms with Crippen molar-refractivity contribution in [3.05, 3.63) is 34.9 Å². The summed E-state index contributed by atoms with van der Waals surface area (Å²) in [5, 5.41) is 9.85. The first-order chi connectivity index (χ1) is 15.7. The van der Waals surface area contributed by atoms with Crippen LogP contribution in [0.2, 0.25) is 0 Å². The quantitative estimate of drug-likeness (QED) is 0.121. The molecule has 2 rings (SSSR count). The van der Waals surface area contributed by atoms with Crippen molar-refractivity contribution in [3.63, 3.8) is 0 Å². The number of ether oxygens (including phenoxy) is 1. The number of halogens is 5. The molecule has 0 aromatic heterocycles. The van der Waals surface area contributed by atoms with Crippen LogP contribution < -0.4 is 5.73 Å². The molecule has 5 atom stereocenters. The molecule has 0 heterocycles. The van der Waals surface area contributed by atoms with E-state index in [0.717, 1.165) is 6.08 Å². The lowest BCUT2D eigenvalue weighted by Gasteiger charge is -2.32. The van der Waals surface area contributed by atoms with Crippen LogP contribution in [0.25, 0.3) is 0 Å². The average molecular weight is 552 g/mol. The number of alkyl halides is 4. The van der Waals surface area contributed by atoms with E-state index >= 15 is 0 Å². The van der Waals surface area contributed by atoms with Crippen LogP contribution in [0.15, 0.2) is 34.9 Å². The first kappa shape index (κ1) is 29.8. The van der Waals surface area contributed by atoms with Gasteiger partial charge >= 0.3 is 14.0 Å². The molecule has 34 heavy (non-hydrogen) atoms. The maximum atomic E-state index is 13.7. The van der Waals surface area contributed by atoms with Gasteiger partial charge in [0.2, 0.25) is 0 Å². The van der Waals surface area contributed by atoms with E-state index in [9.17, 15) is 22.8 Å². The van der Waals surface area contributed by atoms with E-state index in [1.54, 1.807) is 12.2 Å². The predicted octanol–water partition coefficient (Wildman–Crippen LogP) is 4.55. The lowest BCUT2D eigenvalue weighted by Crippen LogP contribution is -2.48. The number of nitrogens with two attached hydrogens (primary N) is 1. The minimum atomic E-state index is -4.79. The molecule has 0 bridgehead atoms. The van der Waals surface area contributed by atoms with E-state index in [4.69, 9.17) is 43.5 Å². The average Bonchev–Trinajstić information content (AvgIpc) is 2.75. The van der Waals surface area contributed by atoms with Gasteiger partial charge in [-0.25, -0.2) is 4.57 Å². The largest absolute Gasteiger partial charge is 0.469 e. The van der Waals surface area contributed by atoms with Crippen LogP contribution >= 0.6 is 31.0 Å². The van der Waals surface area contributed by atoms with Crippen LogP contribution in [0.5, 0.6) is 0 Å². The van der Waals surface area contributed by atoms with Gasteiger partial charge in [-0.05, 0) is 56.4 Å². The van der Waals surface area contributed by atoms with Crippen molar-refractivity contribution in [3.8, 4) is 0 Å². The second-order valence-corrected chi connectivity index (χ2v) is 11.0. The van der Waals surface area contributed by atoms with Crippen molar-refractivity contribution in [2.24, 2.45) is 17.6 Å². The molecule has 0 aromatic carbocycles. The Bertz CT molecular complexity index is 819. The van der Waals surface area contributed by atoms with E-state index in [0.29, 0.717) is 24.3 Å². The van der Waals surface area contributed by atoms with Crippen LogP contribution in [0.4, 0.5) is 13.2 Å². The molecule has 0 fully saturated rings. The summed E-state index contributed by atoms with van der Waals surface area (Å²) >= 11 is 12.2. The van der Waals surface area contributed by atoms with Gasteiger partial charge in [0.1, 0.15) is 0 Å². The number of phosphoric acid groups is 1. The monoisotopic (exact) mass is 551 g/mol. The van der Waals surface area contributed by atoms with Crippen LogP contribution in [0.1, 0.15) is 38.5 Å². The normalized spacial score (nSPS) is 27.8. The highest BCUT2D eigenvalue weighted by molar-refractivity contribution is 7.46. The zero-order chi connectivity index (χ0) is 25.6. The van der Waals surface area contributed by atoms with Gasteiger partial charge in [0, 0.05) is 11.6 Å². The van der Waals surface area contributed by atoms with Crippen LogP contribution in [0.3, 0.4) is 0 Å². The van der Waals surface area contributed by atoms with E-state index in [2.05, 4.69) is 4.52 Å². The van der Waals surface area contributed by atoms with Crippen molar-refractivity contribution in [1.82, 2.24) is 0 Å². The van der Waals surface area contributed by atoms with Crippen molar-refractivity contribution in [1.29, 1.82) is 0 Å². The van der Waals surface area contributed by atoms with Crippen molar-refractivity contribution in [2.75, 3.05) is 19.8 Å². The second kappa shape index (κ2) is 12.7. The fraction of sp³-hybridized carbons (Fsp3) is 0.714. The van der Waals surface area contributed by atoms with Crippen LogP contribution in [0, 0.1) is 11.8 Å². The Hall–Kier alpha value is -0.420. The highest BCUT2D eigenvalue weighted by atomic mass is 35.5. The fourth-order valence-corrected chi connectivity index (χ4v) is 4.92. The Morgan fingerprint density at radius 3 is 2.53 bits per heavy atom. The molecule has 0 saturated carbocycles. The van der Waals surface area contributed by atoms with Gasteiger partial charge < -0.3 is 25.4 Å². The molecule has 5 N–H and O–H groups in total. The molecule has 0 spiro atoms.